The van der Waals surface area contributed by atoms with Crippen LogP contribution in [0.15, 0.2) is 12.5 Å². The van der Waals surface area contributed by atoms with Gasteiger partial charge in [0, 0.05) is 12.5 Å². The Morgan fingerprint density at radius 2 is 2.06 bits per heavy atom. The van der Waals surface area contributed by atoms with Gasteiger partial charge in [-0.2, -0.15) is 0 Å². The number of aromatic nitrogens is 2. The Morgan fingerprint density at radius 1 is 1.41 bits per heavy atom. The first kappa shape index (κ1) is 13.4. The molecule has 0 aromatic carbocycles. The highest BCUT2D eigenvalue weighted by molar-refractivity contribution is 5.98. The molecule has 1 aromatic heterocycles. The summed E-state index contributed by atoms with van der Waals surface area (Å²) >= 11 is 0. The second-order valence-corrected chi connectivity index (χ2v) is 4.25. The van der Waals surface area contributed by atoms with E-state index in [-0.39, 0.29) is 5.78 Å². The summed E-state index contributed by atoms with van der Waals surface area (Å²) in [7, 11) is 0. The molecule has 2 atom stereocenters. The Balaban J connectivity index is 2.88. The molecule has 94 valence electrons. The molecule has 0 saturated carbocycles. The van der Waals surface area contributed by atoms with Crippen LogP contribution < -0.4 is 0 Å². The second kappa shape index (κ2) is 5.61. The van der Waals surface area contributed by atoms with Crippen molar-refractivity contribution in [1.82, 2.24) is 9.55 Å². The molecule has 0 aliphatic carbocycles. The number of carboxylic acid groups (broad SMARTS) is 1. The fourth-order valence-corrected chi connectivity index (χ4v) is 1.62. The Hall–Kier alpha value is -1.65. The van der Waals surface area contributed by atoms with E-state index >= 15 is 0 Å². The van der Waals surface area contributed by atoms with Crippen LogP contribution in [0.25, 0.3) is 0 Å². The lowest BCUT2D eigenvalue weighted by molar-refractivity contribution is -0.142. The molecule has 0 spiro atoms. The van der Waals surface area contributed by atoms with Gasteiger partial charge in [0.1, 0.15) is 5.69 Å². The average molecular weight is 238 g/mol. The van der Waals surface area contributed by atoms with E-state index in [9.17, 15) is 9.59 Å². The van der Waals surface area contributed by atoms with Crippen LogP contribution in [0.1, 0.15) is 37.7 Å². The summed E-state index contributed by atoms with van der Waals surface area (Å²) in [5, 5.41) is 8.90. The zero-order chi connectivity index (χ0) is 13.0. The van der Waals surface area contributed by atoms with Gasteiger partial charge in [-0.05, 0) is 6.42 Å². The fraction of sp³-hybridized carbons (Fsp3) is 0.583. The van der Waals surface area contributed by atoms with E-state index in [1.165, 1.54) is 6.20 Å². The molecule has 1 rings (SSSR count). The van der Waals surface area contributed by atoms with Gasteiger partial charge in [-0.1, -0.05) is 20.8 Å². The monoisotopic (exact) mass is 238 g/mol. The smallest absolute Gasteiger partial charge is 0.306 e. The minimum atomic E-state index is -0.951. The van der Waals surface area contributed by atoms with Crippen LogP contribution in [0.2, 0.25) is 0 Å². The molecule has 1 aromatic rings. The van der Waals surface area contributed by atoms with Crippen molar-refractivity contribution in [3.63, 3.8) is 0 Å². The quantitative estimate of drug-likeness (QED) is 0.767. The van der Waals surface area contributed by atoms with Crippen LogP contribution in [0.4, 0.5) is 0 Å². The first-order valence-corrected chi connectivity index (χ1v) is 5.76. The first-order valence-electron chi connectivity index (χ1n) is 5.76. The second-order valence-electron chi connectivity index (χ2n) is 4.25. The SMILES string of the molecule is CCCn1cncc1C(=O)C(C)C(C)C(=O)O. The van der Waals surface area contributed by atoms with Crippen LogP contribution >= 0.6 is 0 Å². The average Bonchev–Trinajstić information content (AvgIpc) is 2.74. The number of carbonyl (C=O) groups excluding carboxylic acids is 1. The summed E-state index contributed by atoms with van der Waals surface area (Å²) in [6.07, 6.45) is 4.01. The van der Waals surface area contributed by atoms with E-state index < -0.39 is 17.8 Å². The van der Waals surface area contributed by atoms with Crippen LogP contribution in [-0.2, 0) is 11.3 Å². The fourth-order valence-electron chi connectivity index (χ4n) is 1.62. The van der Waals surface area contributed by atoms with Gasteiger partial charge in [0.2, 0.25) is 0 Å². The number of carboxylic acids is 1. The molecule has 1 heterocycles. The first-order chi connectivity index (χ1) is 7.99. The normalized spacial score (nSPS) is 14.3. The summed E-state index contributed by atoms with van der Waals surface area (Å²) in [6.45, 7) is 5.92. The van der Waals surface area contributed by atoms with E-state index in [0.717, 1.165) is 13.0 Å². The molecular weight excluding hydrogens is 220 g/mol. The van der Waals surface area contributed by atoms with Crippen molar-refractivity contribution in [1.29, 1.82) is 0 Å². The maximum atomic E-state index is 12.1. The molecule has 0 saturated heterocycles. The highest BCUT2D eigenvalue weighted by atomic mass is 16.4. The Labute approximate surface area is 100 Å². The minimum absolute atomic E-state index is 0.161. The summed E-state index contributed by atoms with van der Waals surface area (Å²) in [6, 6.07) is 0. The predicted molar refractivity (Wildman–Crippen MR) is 62.8 cm³/mol. The molecule has 5 heteroatoms. The third-order valence-electron chi connectivity index (χ3n) is 2.98. The van der Waals surface area contributed by atoms with Crippen LogP contribution in [-0.4, -0.2) is 26.4 Å². The lowest BCUT2D eigenvalue weighted by Crippen LogP contribution is -2.26. The van der Waals surface area contributed by atoms with E-state index in [2.05, 4.69) is 4.98 Å². The van der Waals surface area contributed by atoms with Crippen LogP contribution in [0.3, 0.4) is 0 Å². The number of hydrogen-bond acceptors (Lipinski definition) is 3. The van der Waals surface area contributed by atoms with Crippen molar-refractivity contribution in [2.24, 2.45) is 11.8 Å². The highest BCUT2D eigenvalue weighted by Gasteiger charge is 2.28. The third-order valence-corrected chi connectivity index (χ3v) is 2.98. The van der Waals surface area contributed by atoms with Gasteiger partial charge in [0.25, 0.3) is 0 Å². The lowest BCUT2D eigenvalue weighted by Gasteiger charge is -2.15. The molecule has 0 fully saturated rings. The van der Waals surface area contributed by atoms with Crippen molar-refractivity contribution < 1.29 is 14.7 Å². The van der Waals surface area contributed by atoms with Gasteiger partial charge in [-0.3, -0.25) is 9.59 Å². The maximum absolute atomic E-state index is 12.1. The molecule has 5 nitrogen and oxygen atoms in total. The van der Waals surface area contributed by atoms with E-state index in [4.69, 9.17) is 5.11 Å². The van der Waals surface area contributed by atoms with Crippen molar-refractivity contribution in [2.75, 3.05) is 0 Å². The van der Waals surface area contributed by atoms with Crippen LogP contribution in [0, 0.1) is 11.8 Å². The van der Waals surface area contributed by atoms with Crippen molar-refractivity contribution in [2.45, 2.75) is 33.7 Å². The van der Waals surface area contributed by atoms with Gasteiger partial charge in [0.15, 0.2) is 5.78 Å². The van der Waals surface area contributed by atoms with E-state index in [0.29, 0.717) is 5.69 Å². The van der Waals surface area contributed by atoms with E-state index in [1.54, 1.807) is 24.7 Å². The number of ketones is 1. The third kappa shape index (κ3) is 2.93. The molecule has 0 aliphatic heterocycles. The minimum Gasteiger partial charge on any atom is -0.481 e. The molecule has 0 amide bonds. The number of nitrogens with zero attached hydrogens (tertiary/aromatic N) is 2. The predicted octanol–water partition coefficient (Wildman–Crippen LogP) is 1.83. The molecule has 0 radical (unpaired) electrons. The van der Waals surface area contributed by atoms with Gasteiger partial charge in [-0.25, -0.2) is 4.98 Å². The standard InChI is InChI=1S/C12H18N2O3/c1-4-5-14-7-13-6-10(14)11(15)8(2)9(3)12(16)17/h6-9H,4-5H2,1-3H3,(H,16,17). The van der Waals surface area contributed by atoms with Crippen molar-refractivity contribution >= 4 is 11.8 Å². The van der Waals surface area contributed by atoms with Gasteiger partial charge in [-0.15, -0.1) is 0 Å². The molecule has 1 N–H and O–H groups in total. The summed E-state index contributed by atoms with van der Waals surface area (Å²) < 4.78 is 1.77. The number of aryl methyl sites for hydroxylation is 1. The van der Waals surface area contributed by atoms with Gasteiger partial charge < -0.3 is 9.67 Å². The number of imidazole rings is 1. The Bertz CT molecular complexity index is 412. The number of rotatable bonds is 6. The number of hydrogen-bond donors (Lipinski definition) is 1. The summed E-state index contributed by atoms with van der Waals surface area (Å²) in [5.41, 5.74) is 0.493. The van der Waals surface area contributed by atoms with Gasteiger partial charge >= 0.3 is 5.97 Å². The topological polar surface area (TPSA) is 72.2 Å². The summed E-state index contributed by atoms with van der Waals surface area (Å²) in [5.74, 6) is -2.34. The molecule has 17 heavy (non-hydrogen) atoms. The lowest BCUT2D eigenvalue weighted by atomic mass is 9.90. The highest BCUT2D eigenvalue weighted by Crippen LogP contribution is 2.17. The summed E-state index contributed by atoms with van der Waals surface area (Å²) in [4.78, 5) is 26.9. The van der Waals surface area contributed by atoms with Crippen molar-refractivity contribution in [3.05, 3.63) is 18.2 Å². The largest absolute Gasteiger partial charge is 0.481 e. The molecular formula is C12H18N2O3. The number of carbonyl (C=O) groups is 2. The van der Waals surface area contributed by atoms with Crippen LogP contribution in [0.5, 0.6) is 0 Å². The Kier molecular flexibility index (Phi) is 4.43. The molecule has 0 bridgehead atoms. The molecule has 2 unspecified atom stereocenters. The van der Waals surface area contributed by atoms with E-state index in [1.807, 2.05) is 6.92 Å². The number of aliphatic carboxylic acids is 1. The molecule has 0 aliphatic rings. The zero-order valence-electron chi connectivity index (χ0n) is 10.4. The number of Topliss-reactive ketones (excluding diaryl/α,β-unsaturated/α-hetero) is 1. The van der Waals surface area contributed by atoms with Gasteiger partial charge in [0.05, 0.1) is 18.4 Å². The van der Waals surface area contributed by atoms with Crippen molar-refractivity contribution in [3.8, 4) is 0 Å². The Morgan fingerprint density at radius 3 is 2.59 bits per heavy atom. The maximum Gasteiger partial charge on any atom is 0.306 e. The zero-order valence-corrected chi connectivity index (χ0v) is 10.4.